The second-order valence-corrected chi connectivity index (χ2v) is 5.15. The van der Waals surface area contributed by atoms with Crippen LogP contribution in [-0.4, -0.2) is 15.5 Å². The van der Waals surface area contributed by atoms with E-state index in [0.29, 0.717) is 16.8 Å². The first kappa shape index (κ1) is 14.9. The van der Waals surface area contributed by atoms with Crippen LogP contribution >= 0.6 is 12.2 Å². The lowest BCUT2D eigenvalue weighted by Crippen LogP contribution is -2.20. The monoisotopic (exact) mass is 301 g/mol. The third-order valence-corrected chi connectivity index (χ3v) is 3.37. The maximum Gasteiger partial charge on any atom is 0.255 e. The first-order chi connectivity index (χ1) is 9.88. The number of aryl methyl sites for hydroxylation is 2. The Morgan fingerprint density at radius 1 is 1.24 bits per heavy atom. The molecule has 2 aromatic rings. The van der Waals surface area contributed by atoms with Gasteiger partial charge in [0.25, 0.3) is 11.5 Å². The van der Waals surface area contributed by atoms with E-state index in [9.17, 15) is 9.59 Å². The maximum atomic E-state index is 12.2. The van der Waals surface area contributed by atoms with Gasteiger partial charge in [0.15, 0.2) is 0 Å². The van der Waals surface area contributed by atoms with Crippen LogP contribution in [0.25, 0.3) is 0 Å². The van der Waals surface area contributed by atoms with Gasteiger partial charge in [-0.3, -0.25) is 9.59 Å². The van der Waals surface area contributed by atoms with Crippen molar-refractivity contribution in [2.45, 2.75) is 6.92 Å². The smallest absolute Gasteiger partial charge is 0.255 e. The lowest BCUT2D eigenvalue weighted by Gasteiger charge is -2.10. The molecule has 1 aromatic heterocycles. The normalized spacial score (nSPS) is 10.2. The average Bonchev–Trinajstić information content (AvgIpc) is 2.43. The third-order valence-electron chi connectivity index (χ3n) is 3.14. The second-order valence-electron chi connectivity index (χ2n) is 4.71. The van der Waals surface area contributed by atoms with Crippen LogP contribution < -0.4 is 16.6 Å². The Morgan fingerprint density at radius 2 is 1.95 bits per heavy atom. The number of hydrogen-bond donors (Lipinski definition) is 2. The quantitative estimate of drug-likeness (QED) is 0.844. The number of anilines is 1. The summed E-state index contributed by atoms with van der Waals surface area (Å²) in [4.78, 5) is 24.0. The molecular formula is C15H15N3O2S. The molecule has 0 unspecified atom stereocenters. The van der Waals surface area contributed by atoms with Crippen molar-refractivity contribution < 1.29 is 4.79 Å². The molecule has 0 aliphatic carbocycles. The van der Waals surface area contributed by atoms with Crippen LogP contribution in [0.2, 0.25) is 0 Å². The minimum Gasteiger partial charge on any atom is -0.389 e. The molecule has 0 aliphatic heterocycles. The summed E-state index contributed by atoms with van der Waals surface area (Å²) in [5.74, 6) is -0.351. The summed E-state index contributed by atoms with van der Waals surface area (Å²) in [6.45, 7) is 1.86. The van der Waals surface area contributed by atoms with Gasteiger partial charge in [0.05, 0.1) is 0 Å². The molecule has 0 saturated heterocycles. The van der Waals surface area contributed by atoms with Gasteiger partial charge in [-0.2, -0.15) is 0 Å². The van der Waals surface area contributed by atoms with Crippen molar-refractivity contribution in [3.63, 3.8) is 0 Å². The highest BCUT2D eigenvalue weighted by Gasteiger charge is 2.10. The fourth-order valence-electron chi connectivity index (χ4n) is 1.79. The zero-order valence-corrected chi connectivity index (χ0v) is 12.5. The molecule has 0 radical (unpaired) electrons. The van der Waals surface area contributed by atoms with E-state index in [0.717, 1.165) is 5.56 Å². The van der Waals surface area contributed by atoms with Crippen molar-refractivity contribution in [3.05, 3.63) is 63.6 Å². The summed E-state index contributed by atoms with van der Waals surface area (Å²) < 4.78 is 1.40. The molecule has 0 fully saturated rings. The zero-order chi connectivity index (χ0) is 15.6. The highest BCUT2D eigenvalue weighted by Crippen LogP contribution is 2.17. The molecule has 2 rings (SSSR count). The number of nitrogens with one attached hydrogen (secondary N) is 1. The molecule has 3 N–H and O–H groups in total. The molecule has 1 aromatic carbocycles. The average molecular weight is 301 g/mol. The first-order valence-corrected chi connectivity index (χ1v) is 6.68. The fourth-order valence-corrected chi connectivity index (χ4v) is 1.92. The number of carbonyl (C=O) groups excluding carboxylic acids is 1. The number of benzene rings is 1. The molecule has 5 nitrogen and oxygen atoms in total. The van der Waals surface area contributed by atoms with Crippen LogP contribution in [0.1, 0.15) is 21.5 Å². The number of thiocarbonyl (C=S) groups is 1. The van der Waals surface area contributed by atoms with E-state index in [2.05, 4.69) is 5.32 Å². The van der Waals surface area contributed by atoms with Crippen LogP contribution in [0.4, 0.5) is 5.69 Å². The number of nitrogens with two attached hydrogens (primary N) is 1. The number of nitrogens with zero attached hydrogens (tertiary/aromatic N) is 1. The Balaban J connectivity index is 2.30. The molecule has 0 spiro atoms. The number of amides is 1. The van der Waals surface area contributed by atoms with Gasteiger partial charge in [-0.25, -0.2) is 0 Å². The zero-order valence-electron chi connectivity index (χ0n) is 11.7. The van der Waals surface area contributed by atoms with Gasteiger partial charge in [-0.05, 0) is 24.6 Å². The molecular weight excluding hydrogens is 286 g/mol. The Labute approximate surface area is 127 Å². The molecule has 0 bridgehead atoms. The molecule has 21 heavy (non-hydrogen) atoms. The molecule has 108 valence electrons. The predicted molar refractivity (Wildman–Crippen MR) is 86.7 cm³/mol. The van der Waals surface area contributed by atoms with Crippen LogP contribution in [0.3, 0.4) is 0 Å². The van der Waals surface area contributed by atoms with E-state index >= 15 is 0 Å². The minimum absolute atomic E-state index is 0.240. The summed E-state index contributed by atoms with van der Waals surface area (Å²) in [5, 5.41) is 2.77. The van der Waals surface area contributed by atoms with Crippen molar-refractivity contribution in [1.82, 2.24) is 4.57 Å². The van der Waals surface area contributed by atoms with E-state index < -0.39 is 0 Å². The molecule has 0 atom stereocenters. The Hall–Kier alpha value is -2.47. The summed E-state index contributed by atoms with van der Waals surface area (Å²) in [5.41, 5.74) is 7.82. The van der Waals surface area contributed by atoms with Crippen molar-refractivity contribution in [3.8, 4) is 0 Å². The van der Waals surface area contributed by atoms with Gasteiger partial charge >= 0.3 is 0 Å². The topological polar surface area (TPSA) is 77.1 Å². The highest BCUT2D eigenvalue weighted by atomic mass is 32.1. The molecule has 6 heteroatoms. The molecule has 1 heterocycles. The van der Waals surface area contributed by atoms with Crippen LogP contribution in [0.5, 0.6) is 0 Å². The lowest BCUT2D eigenvalue weighted by atomic mass is 10.1. The minimum atomic E-state index is -0.351. The lowest BCUT2D eigenvalue weighted by molar-refractivity contribution is 0.102. The summed E-state index contributed by atoms with van der Waals surface area (Å²) in [6, 6.07) is 8.22. The van der Waals surface area contributed by atoms with Crippen LogP contribution in [-0.2, 0) is 7.05 Å². The van der Waals surface area contributed by atoms with E-state index in [1.807, 2.05) is 13.0 Å². The standard InChI is InChI=1S/C15H15N3O2S/c1-9-3-4-10(14(16)21)7-12(9)17-15(20)11-5-6-18(2)13(19)8-11/h3-8H,1-2H3,(H2,16,21)(H,17,20). The summed E-state index contributed by atoms with van der Waals surface area (Å²) in [6.07, 6.45) is 1.55. The summed E-state index contributed by atoms with van der Waals surface area (Å²) in [7, 11) is 1.62. The second kappa shape index (κ2) is 5.88. The van der Waals surface area contributed by atoms with Gasteiger partial charge in [0, 0.05) is 36.1 Å². The van der Waals surface area contributed by atoms with Gasteiger partial charge in [-0.15, -0.1) is 0 Å². The number of aromatic nitrogens is 1. The van der Waals surface area contributed by atoms with Crippen molar-refractivity contribution in [2.24, 2.45) is 12.8 Å². The van der Waals surface area contributed by atoms with Crippen molar-refractivity contribution in [1.29, 1.82) is 0 Å². The SMILES string of the molecule is Cc1ccc(C(N)=S)cc1NC(=O)c1ccn(C)c(=O)c1. The Bertz CT molecular complexity index is 781. The van der Waals surface area contributed by atoms with E-state index in [4.69, 9.17) is 18.0 Å². The molecule has 1 amide bonds. The van der Waals surface area contributed by atoms with Crippen LogP contribution in [0, 0.1) is 6.92 Å². The number of pyridine rings is 1. The fraction of sp³-hybridized carbons (Fsp3) is 0.133. The number of rotatable bonds is 3. The van der Waals surface area contributed by atoms with Crippen molar-refractivity contribution >= 4 is 28.8 Å². The van der Waals surface area contributed by atoms with E-state index in [1.165, 1.54) is 10.6 Å². The van der Waals surface area contributed by atoms with Gasteiger partial charge < -0.3 is 15.6 Å². The molecule has 0 saturated carbocycles. The van der Waals surface area contributed by atoms with E-state index in [-0.39, 0.29) is 16.5 Å². The summed E-state index contributed by atoms with van der Waals surface area (Å²) >= 11 is 4.92. The van der Waals surface area contributed by atoms with Gasteiger partial charge in [-0.1, -0.05) is 24.4 Å². The largest absolute Gasteiger partial charge is 0.389 e. The third kappa shape index (κ3) is 3.35. The highest BCUT2D eigenvalue weighted by molar-refractivity contribution is 7.80. The first-order valence-electron chi connectivity index (χ1n) is 6.27. The van der Waals surface area contributed by atoms with Gasteiger partial charge in [0.2, 0.25) is 0 Å². The number of hydrogen-bond acceptors (Lipinski definition) is 3. The Morgan fingerprint density at radius 3 is 2.57 bits per heavy atom. The maximum absolute atomic E-state index is 12.2. The van der Waals surface area contributed by atoms with Crippen molar-refractivity contribution in [2.75, 3.05) is 5.32 Å². The predicted octanol–water partition coefficient (Wildman–Crippen LogP) is 1.58. The van der Waals surface area contributed by atoms with Crippen LogP contribution in [0.15, 0.2) is 41.3 Å². The van der Waals surface area contributed by atoms with E-state index in [1.54, 1.807) is 31.4 Å². The Kier molecular flexibility index (Phi) is 4.18. The number of carbonyl (C=O) groups is 1. The molecule has 0 aliphatic rings. The van der Waals surface area contributed by atoms with Gasteiger partial charge in [0.1, 0.15) is 4.99 Å².